The van der Waals surface area contributed by atoms with Crippen LogP contribution in [0.15, 0.2) is 60.9 Å². The number of nitrogens with zero attached hydrogens (tertiary/aromatic N) is 4. The number of hydrogen-bond acceptors (Lipinski definition) is 9. The highest BCUT2D eigenvalue weighted by molar-refractivity contribution is 7.22. The van der Waals surface area contributed by atoms with Crippen molar-refractivity contribution < 1.29 is 18.7 Å². The number of likely N-dealkylation sites (tertiary alicyclic amines) is 1. The Hall–Kier alpha value is -4.55. The van der Waals surface area contributed by atoms with Gasteiger partial charge in [-0.2, -0.15) is 0 Å². The van der Waals surface area contributed by atoms with Gasteiger partial charge in [0.2, 0.25) is 0 Å². The van der Waals surface area contributed by atoms with Gasteiger partial charge in [-0.05, 0) is 80.9 Å². The van der Waals surface area contributed by atoms with Gasteiger partial charge < -0.3 is 30.3 Å². The van der Waals surface area contributed by atoms with E-state index < -0.39 is 6.03 Å². The summed E-state index contributed by atoms with van der Waals surface area (Å²) in [7, 11) is 1.62. The molecule has 3 aromatic carbocycles. The number of hydrogen-bond donors (Lipinski definition) is 3. The number of halogens is 1. The number of ether oxygens (including phenoxy) is 2. The van der Waals surface area contributed by atoms with Gasteiger partial charge >= 0.3 is 6.03 Å². The van der Waals surface area contributed by atoms with Gasteiger partial charge in [0.05, 0.1) is 29.5 Å². The first-order valence-electron chi connectivity index (χ1n) is 13.7. The molecule has 12 heteroatoms. The number of amides is 2. The normalized spacial score (nSPS) is 13.4. The van der Waals surface area contributed by atoms with Crippen LogP contribution in [-0.2, 0) is 0 Å². The van der Waals surface area contributed by atoms with E-state index in [2.05, 4.69) is 35.8 Å². The molecule has 0 radical (unpaired) electrons. The fraction of sp³-hybridized carbons (Fsp3) is 0.267. The molecular weight excluding hydrogens is 557 g/mol. The van der Waals surface area contributed by atoms with Crippen LogP contribution in [0.4, 0.5) is 31.5 Å². The molecule has 1 aliphatic heterocycles. The van der Waals surface area contributed by atoms with E-state index in [1.165, 1.54) is 67.9 Å². The van der Waals surface area contributed by atoms with E-state index >= 15 is 0 Å². The number of fused-ring (bicyclic) bond motifs is 2. The zero-order valence-corrected chi connectivity index (χ0v) is 23.8. The minimum Gasteiger partial charge on any atom is -0.493 e. The predicted molar refractivity (Wildman–Crippen MR) is 164 cm³/mol. The lowest BCUT2D eigenvalue weighted by Crippen LogP contribution is -2.21. The van der Waals surface area contributed by atoms with Crippen LogP contribution in [0.3, 0.4) is 0 Å². The second-order valence-corrected chi connectivity index (χ2v) is 10.9. The molecule has 0 aliphatic carbocycles. The summed E-state index contributed by atoms with van der Waals surface area (Å²) in [5, 5.41) is 10.2. The van der Waals surface area contributed by atoms with Gasteiger partial charge in [-0.15, -0.1) is 0 Å². The summed E-state index contributed by atoms with van der Waals surface area (Å²) >= 11 is 1.43. The zero-order chi connectivity index (χ0) is 28.9. The van der Waals surface area contributed by atoms with E-state index in [0.717, 1.165) is 34.1 Å². The van der Waals surface area contributed by atoms with Crippen molar-refractivity contribution in [2.24, 2.45) is 0 Å². The lowest BCUT2D eigenvalue weighted by atomic mass is 10.2. The predicted octanol–water partition coefficient (Wildman–Crippen LogP) is 6.64. The van der Waals surface area contributed by atoms with Crippen molar-refractivity contribution in [1.82, 2.24) is 19.9 Å². The van der Waals surface area contributed by atoms with Crippen molar-refractivity contribution in [2.75, 3.05) is 49.3 Å². The van der Waals surface area contributed by atoms with Crippen molar-refractivity contribution in [1.29, 1.82) is 0 Å². The molecule has 5 aromatic rings. The molecule has 0 unspecified atom stereocenters. The molecule has 2 amide bonds. The number of aromatic nitrogens is 3. The van der Waals surface area contributed by atoms with Crippen LogP contribution in [0.25, 0.3) is 21.1 Å². The molecule has 1 fully saturated rings. The average molecular weight is 588 g/mol. The SMILES string of the molecule is COc1cc2c(Nc3nc4ccc(NC(=O)Nc5ccc(F)cc5)cc4s3)ncnc2cc1OCCCN1CCCC1. The van der Waals surface area contributed by atoms with Gasteiger partial charge in [0, 0.05) is 29.4 Å². The first-order chi connectivity index (χ1) is 20.5. The fourth-order valence-electron chi connectivity index (χ4n) is 4.90. The molecular formula is C30H30FN7O3S. The van der Waals surface area contributed by atoms with E-state index in [1.807, 2.05) is 24.3 Å². The number of nitrogens with one attached hydrogen (secondary N) is 3. The van der Waals surface area contributed by atoms with E-state index in [4.69, 9.17) is 9.47 Å². The number of rotatable bonds is 10. The number of thiazole rings is 1. The van der Waals surface area contributed by atoms with Crippen molar-refractivity contribution in [3.05, 3.63) is 66.7 Å². The van der Waals surface area contributed by atoms with Crippen LogP contribution in [0.2, 0.25) is 0 Å². The van der Waals surface area contributed by atoms with Gasteiger partial charge in [0.15, 0.2) is 16.6 Å². The molecule has 1 saturated heterocycles. The van der Waals surface area contributed by atoms with Crippen LogP contribution in [-0.4, -0.2) is 59.2 Å². The third-order valence-electron chi connectivity index (χ3n) is 6.97. The summed E-state index contributed by atoms with van der Waals surface area (Å²) in [5.41, 5.74) is 2.59. The van der Waals surface area contributed by atoms with Crippen molar-refractivity contribution in [3.8, 4) is 11.5 Å². The molecule has 2 aromatic heterocycles. The number of urea groups is 1. The summed E-state index contributed by atoms with van der Waals surface area (Å²) in [5.74, 6) is 1.49. The maximum Gasteiger partial charge on any atom is 0.323 e. The van der Waals surface area contributed by atoms with Gasteiger partial charge in [-0.3, -0.25) is 0 Å². The number of benzene rings is 3. The summed E-state index contributed by atoms with van der Waals surface area (Å²) < 4.78 is 25.7. The third-order valence-corrected chi connectivity index (χ3v) is 7.90. The molecule has 0 spiro atoms. The molecule has 0 bridgehead atoms. The van der Waals surface area contributed by atoms with Crippen LogP contribution in [0, 0.1) is 5.82 Å². The first-order valence-corrected chi connectivity index (χ1v) is 14.5. The van der Waals surface area contributed by atoms with Crippen LogP contribution in [0.1, 0.15) is 19.3 Å². The monoisotopic (exact) mass is 587 g/mol. The highest BCUT2D eigenvalue weighted by atomic mass is 32.1. The zero-order valence-electron chi connectivity index (χ0n) is 23.0. The second kappa shape index (κ2) is 12.5. The minimum absolute atomic E-state index is 0.368. The Balaban J connectivity index is 1.14. The average Bonchev–Trinajstić information content (AvgIpc) is 3.66. The lowest BCUT2D eigenvalue weighted by Gasteiger charge is -2.16. The largest absolute Gasteiger partial charge is 0.493 e. The number of carbonyl (C=O) groups is 1. The molecule has 10 nitrogen and oxygen atoms in total. The van der Waals surface area contributed by atoms with Crippen LogP contribution >= 0.6 is 11.3 Å². The smallest absolute Gasteiger partial charge is 0.323 e. The van der Waals surface area contributed by atoms with Gasteiger partial charge in [0.25, 0.3) is 0 Å². The molecule has 6 rings (SSSR count). The van der Waals surface area contributed by atoms with E-state index in [0.29, 0.717) is 40.4 Å². The molecule has 42 heavy (non-hydrogen) atoms. The molecule has 3 N–H and O–H groups in total. The Morgan fingerprint density at radius 2 is 1.76 bits per heavy atom. The molecule has 1 aliphatic rings. The quantitative estimate of drug-likeness (QED) is 0.156. The summed E-state index contributed by atoms with van der Waals surface area (Å²) in [6, 6.07) is 14.3. The van der Waals surface area contributed by atoms with Crippen molar-refractivity contribution >= 4 is 60.8 Å². The maximum absolute atomic E-state index is 13.1. The fourth-order valence-corrected chi connectivity index (χ4v) is 5.80. The minimum atomic E-state index is -0.430. The lowest BCUT2D eigenvalue weighted by molar-refractivity contribution is 0.254. The molecule has 3 heterocycles. The highest BCUT2D eigenvalue weighted by Gasteiger charge is 2.15. The Morgan fingerprint density at radius 3 is 2.57 bits per heavy atom. The Labute approximate surface area is 245 Å². The molecule has 0 saturated carbocycles. The Kier molecular flexibility index (Phi) is 8.24. The van der Waals surface area contributed by atoms with Gasteiger partial charge in [-0.1, -0.05) is 11.3 Å². The summed E-state index contributed by atoms with van der Waals surface area (Å²) in [6.07, 6.45) is 5.02. The van der Waals surface area contributed by atoms with Crippen molar-refractivity contribution in [2.45, 2.75) is 19.3 Å². The van der Waals surface area contributed by atoms with Crippen molar-refractivity contribution in [3.63, 3.8) is 0 Å². The number of carbonyl (C=O) groups excluding carboxylic acids is 1. The maximum atomic E-state index is 13.1. The third kappa shape index (κ3) is 6.50. The molecule has 0 atom stereocenters. The standard InChI is InChI=1S/C30H30FN7O3S/c1-40-25-16-22-24(17-26(25)41-14-4-13-38-11-2-3-12-38)32-18-33-28(22)37-30-36-23-10-9-21(15-27(23)42-30)35-29(39)34-20-7-5-19(31)6-8-20/h5-10,15-18H,2-4,11-14H2,1H3,(H2,34,35,39)(H,32,33,36,37). The van der Waals surface area contributed by atoms with Crippen LogP contribution < -0.4 is 25.4 Å². The van der Waals surface area contributed by atoms with Crippen LogP contribution in [0.5, 0.6) is 11.5 Å². The van der Waals surface area contributed by atoms with Gasteiger partial charge in [0.1, 0.15) is 18.0 Å². The summed E-state index contributed by atoms with van der Waals surface area (Å²) in [6.45, 7) is 3.99. The number of methoxy groups -OCH3 is 1. The Bertz CT molecular complexity index is 1710. The van der Waals surface area contributed by atoms with E-state index in [-0.39, 0.29) is 5.82 Å². The first kappa shape index (κ1) is 27.6. The molecule has 216 valence electrons. The van der Waals surface area contributed by atoms with Gasteiger partial charge in [-0.25, -0.2) is 24.1 Å². The Morgan fingerprint density at radius 1 is 0.976 bits per heavy atom. The second-order valence-electron chi connectivity index (χ2n) is 9.91. The number of anilines is 4. The van der Waals surface area contributed by atoms with E-state index in [1.54, 1.807) is 13.2 Å². The van der Waals surface area contributed by atoms with E-state index in [9.17, 15) is 9.18 Å². The topological polar surface area (TPSA) is 114 Å². The summed E-state index contributed by atoms with van der Waals surface area (Å²) in [4.78, 5) is 28.5. The highest BCUT2D eigenvalue weighted by Crippen LogP contribution is 2.36.